The number of hydrogen-bond acceptors (Lipinski definition) is 3. The largest absolute Gasteiger partial charge is 0.307 e. The normalized spacial score (nSPS) is 18.7. The molecule has 0 saturated heterocycles. The summed E-state index contributed by atoms with van der Waals surface area (Å²) in [7, 11) is 0. The minimum absolute atomic E-state index is 0.465. The molecule has 4 heteroatoms. The Balaban J connectivity index is 2.36. The van der Waals surface area contributed by atoms with E-state index in [9.17, 15) is 0 Å². The standard InChI is InChI=1S/C3H6ClN3/c4-1-3-5-2-6-7-3/h6H,1-2H2,(H,5,7). The number of hydrogen-bond donors (Lipinski definition) is 2. The van der Waals surface area contributed by atoms with Gasteiger partial charge in [-0.1, -0.05) is 0 Å². The van der Waals surface area contributed by atoms with E-state index in [1.807, 2.05) is 0 Å². The van der Waals surface area contributed by atoms with Crippen LogP contribution in [-0.2, 0) is 0 Å². The highest BCUT2D eigenvalue weighted by atomic mass is 35.5. The molecule has 2 N–H and O–H groups in total. The molecule has 1 heterocycles. The third-order valence-electron chi connectivity index (χ3n) is 0.708. The predicted octanol–water partition coefficient (Wildman–Crippen LogP) is -0.311. The fourth-order valence-electron chi connectivity index (χ4n) is 0.392. The van der Waals surface area contributed by atoms with E-state index in [0.717, 1.165) is 5.84 Å². The van der Waals surface area contributed by atoms with Gasteiger partial charge in [0.05, 0.1) is 5.88 Å². The molecule has 0 saturated carbocycles. The molecule has 0 aromatic rings. The van der Waals surface area contributed by atoms with Crippen LogP contribution < -0.4 is 10.9 Å². The highest BCUT2D eigenvalue weighted by molar-refractivity contribution is 6.28. The zero-order valence-corrected chi connectivity index (χ0v) is 4.50. The van der Waals surface area contributed by atoms with Crippen LogP contribution in [0.2, 0.25) is 0 Å². The average molecular weight is 120 g/mol. The number of nitrogens with one attached hydrogen (secondary N) is 2. The van der Waals surface area contributed by atoms with E-state index in [0.29, 0.717) is 12.5 Å². The summed E-state index contributed by atoms with van der Waals surface area (Å²) < 4.78 is 0. The van der Waals surface area contributed by atoms with Crippen LogP contribution >= 0.6 is 11.6 Å². The second-order valence-corrected chi connectivity index (χ2v) is 1.47. The van der Waals surface area contributed by atoms with Crippen molar-refractivity contribution in [2.75, 3.05) is 12.5 Å². The molecule has 0 fully saturated rings. The predicted molar refractivity (Wildman–Crippen MR) is 29.3 cm³/mol. The van der Waals surface area contributed by atoms with Gasteiger partial charge in [-0.3, -0.25) is 4.99 Å². The molecule has 0 atom stereocenters. The molecule has 0 radical (unpaired) electrons. The zero-order valence-electron chi connectivity index (χ0n) is 3.74. The van der Waals surface area contributed by atoms with Crippen LogP contribution in [0.1, 0.15) is 0 Å². The van der Waals surface area contributed by atoms with Crippen molar-refractivity contribution in [1.82, 2.24) is 10.9 Å². The van der Waals surface area contributed by atoms with E-state index < -0.39 is 0 Å². The van der Waals surface area contributed by atoms with Crippen molar-refractivity contribution in [1.29, 1.82) is 0 Å². The van der Waals surface area contributed by atoms with E-state index in [2.05, 4.69) is 15.8 Å². The Morgan fingerprint density at radius 3 is 3.00 bits per heavy atom. The van der Waals surface area contributed by atoms with Crippen molar-refractivity contribution >= 4 is 17.4 Å². The highest BCUT2D eigenvalue weighted by Gasteiger charge is 1.98. The van der Waals surface area contributed by atoms with Crippen molar-refractivity contribution < 1.29 is 0 Å². The van der Waals surface area contributed by atoms with Crippen LogP contribution in [0.5, 0.6) is 0 Å². The van der Waals surface area contributed by atoms with Gasteiger partial charge in [0, 0.05) is 0 Å². The summed E-state index contributed by atoms with van der Waals surface area (Å²) in [5.74, 6) is 1.29. The number of rotatable bonds is 1. The van der Waals surface area contributed by atoms with E-state index in [-0.39, 0.29) is 0 Å². The van der Waals surface area contributed by atoms with E-state index >= 15 is 0 Å². The third kappa shape index (κ3) is 1.04. The van der Waals surface area contributed by atoms with Gasteiger partial charge in [-0.05, 0) is 0 Å². The molecule has 40 valence electrons. The first-order valence-electron chi connectivity index (χ1n) is 2.01. The Kier molecular flexibility index (Phi) is 1.49. The molecule has 0 amide bonds. The van der Waals surface area contributed by atoms with Gasteiger partial charge in [0.15, 0.2) is 0 Å². The summed E-state index contributed by atoms with van der Waals surface area (Å²) >= 11 is 5.37. The van der Waals surface area contributed by atoms with Crippen LogP contribution in [-0.4, -0.2) is 18.4 Å². The number of aliphatic imine (C=N–C) groups is 1. The molecule has 1 aliphatic heterocycles. The van der Waals surface area contributed by atoms with Gasteiger partial charge in [0.2, 0.25) is 0 Å². The summed E-state index contributed by atoms with van der Waals surface area (Å²) in [6.45, 7) is 0.641. The van der Waals surface area contributed by atoms with Crippen molar-refractivity contribution in [3.63, 3.8) is 0 Å². The molecule has 1 aliphatic rings. The SMILES string of the molecule is ClCC1=NCNN1. The monoisotopic (exact) mass is 119 g/mol. The van der Waals surface area contributed by atoms with Crippen molar-refractivity contribution in [2.24, 2.45) is 4.99 Å². The average Bonchev–Trinajstić information content (AvgIpc) is 2.14. The molecule has 0 bridgehead atoms. The van der Waals surface area contributed by atoms with Gasteiger partial charge < -0.3 is 5.43 Å². The quantitative estimate of drug-likeness (QED) is 0.465. The number of hydrazine groups is 1. The molecular weight excluding hydrogens is 114 g/mol. The Hall–Kier alpha value is -0.280. The molecule has 0 aromatic heterocycles. The van der Waals surface area contributed by atoms with Crippen LogP contribution in [0.25, 0.3) is 0 Å². The summed E-state index contributed by atoms with van der Waals surface area (Å²) in [5, 5.41) is 0. The minimum Gasteiger partial charge on any atom is -0.307 e. The fourth-order valence-corrected chi connectivity index (χ4v) is 0.543. The van der Waals surface area contributed by atoms with Gasteiger partial charge in [-0.2, -0.15) is 0 Å². The molecule has 0 aliphatic carbocycles. The van der Waals surface area contributed by atoms with Crippen LogP contribution in [0, 0.1) is 0 Å². The first kappa shape index (κ1) is 4.87. The molecule has 3 nitrogen and oxygen atoms in total. The molecule has 7 heavy (non-hydrogen) atoms. The van der Waals surface area contributed by atoms with Crippen LogP contribution in [0.4, 0.5) is 0 Å². The molecule has 0 unspecified atom stereocenters. The van der Waals surface area contributed by atoms with Crippen LogP contribution in [0.15, 0.2) is 4.99 Å². The van der Waals surface area contributed by atoms with Gasteiger partial charge in [-0.15, -0.1) is 11.6 Å². The number of alkyl halides is 1. The zero-order chi connectivity index (χ0) is 5.11. The smallest absolute Gasteiger partial charge is 0.127 e. The highest BCUT2D eigenvalue weighted by Crippen LogP contribution is 1.81. The first-order valence-corrected chi connectivity index (χ1v) is 2.55. The van der Waals surface area contributed by atoms with E-state index in [1.165, 1.54) is 0 Å². The Labute approximate surface area is 46.7 Å². The maximum absolute atomic E-state index is 5.37. The van der Waals surface area contributed by atoms with Crippen LogP contribution in [0.3, 0.4) is 0 Å². The number of amidine groups is 1. The van der Waals surface area contributed by atoms with E-state index in [4.69, 9.17) is 11.6 Å². The topological polar surface area (TPSA) is 36.4 Å². The van der Waals surface area contributed by atoms with Gasteiger partial charge in [-0.25, -0.2) is 5.43 Å². The number of nitrogens with zero attached hydrogens (tertiary/aromatic N) is 1. The lowest BCUT2D eigenvalue weighted by Gasteiger charge is -1.91. The lowest BCUT2D eigenvalue weighted by atomic mass is 10.7. The maximum Gasteiger partial charge on any atom is 0.127 e. The molecule has 0 aromatic carbocycles. The maximum atomic E-state index is 5.37. The molecule has 0 spiro atoms. The number of halogens is 1. The summed E-state index contributed by atoms with van der Waals surface area (Å²) in [6.07, 6.45) is 0. The third-order valence-corrected chi connectivity index (χ3v) is 0.961. The molecular formula is C3H6ClN3. The lowest BCUT2D eigenvalue weighted by molar-refractivity contribution is 0.726. The second-order valence-electron chi connectivity index (χ2n) is 1.20. The Bertz CT molecular complexity index is 90.2. The van der Waals surface area contributed by atoms with Crippen molar-refractivity contribution in [3.05, 3.63) is 0 Å². The summed E-state index contributed by atoms with van der Waals surface area (Å²) in [5.41, 5.74) is 5.56. The Morgan fingerprint density at radius 2 is 2.71 bits per heavy atom. The lowest BCUT2D eigenvalue weighted by Crippen LogP contribution is -2.30. The Morgan fingerprint density at radius 1 is 1.86 bits per heavy atom. The summed E-state index contributed by atoms with van der Waals surface area (Å²) in [6, 6.07) is 0. The second kappa shape index (κ2) is 2.14. The van der Waals surface area contributed by atoms with Gasteiger partial charge >= 0.3 is 0 Å². The summed E-state index contributed by atoms with van der Waals surface area (Å²) in [4.78, 5) is 3.92. The fraction of sp³-hybridized carbons (Fsp3) is 0.667. The van der Waals surface area contributed by atoms with Crippen molar-refractivity contribution in [3.8, 4) is 0 Å². The van der Waals surface area contributed by atoms with E-state index in [1.54, 1.807) is 0 Å². The first-order chi connectivity index (χ1) is 3.43. The van der Waals surface area contributed by atoms with Crippen molar-refractivity contribution in [2.45, 2.75) is 0 Å². The van der Waals surface area contributed by atoms with Gasteiger partial charge in [0.1, 0.15) is 12.5 Å². The minimum atomic E-state index is 0.465. The van der Waals surface area contributed by atoms with Gasteiger partial charge in [0.25, 0.3) is 0 Å². The molecule has 1 rings (SSSR count).